The number of hydrogen-bond acceptors (Lipinski definition) is 5. The minimum absolute atomic E-state index is 0.0302. The largest absolute Gasteiger partial charge is 0.396 e. The second-order valence-corrected chi connectivity index (χ2v) is 4.67. The number of hydrogen-bond donors (Lipinski definition) is 2. The first-order chi connectivity index (χ1) is 10.0. The average molecular weight is 286 g/mol. The Morgan fingerprint density at radius 3 is 2.67 bits per heavy atom. The van der Waals surface area contributed by atoms with Gasteiger partial charge in [0.2, 0.25) is 0 Å². The number of nitro benzene ring substituents is 1. The second-order valence-electron chi connectivity index (χ2n) is 4.67. The molecule has 2 aromatic rings. The summed E-state index contributed by atoms with van der Waals surface area (Å²) in [7, 11) is 0. The first-order valence-electron chi connectivity index (χ1n) is 6.24. The summed E-state index contributed by atoms with van der Waals surface area (Å²) in [6.45, 7) is -0.331. The number of nitrogens with zero attached hydrogens (tertiary/aromatic N) is 1. The number of rotatable bonds is 3. The second kappa shape index (κ2) is 4.64. The summed E-state index contributed by atoms with van der Waals surface area (Å²) in [6.07, 6.45) is -0.0302. The lowest BCUT2D eigenvalue weighted by molar-refractivity contribution is -0.385. The van der Waals surface area contributed by atoms with Gasteiger partial charge >= 0.3 is 0 Å². The number of carbonyl (C=O) groups excluding carboxylic acids is 2. The fourth-order valence-corrected chi connectivity index (χ4v) is 2.68. The minimum atomic E-state index is -0.671. The Hall–Kier alpha value is -2.80. The molecular formula is C14H10N2O5. The van der Waals surface area contributed by atoms with Crippen molar-refractivity contribution in [3.63, 3.8) is 0 Å². The van der Waals surface area contributed by atoms with Crippen molar-refractivity contribution in [1.82, 2.24) is 5.32 Å². The van der Waals surface area contributed by atoms with E-state index >= 15 is 0 Å². The Kier molecular flexibility index (Phi) is 2.91. The maximum atomic E-state index is 12.1. The summed E-state index contributed by atoms with van der Waals surface area (Å²) in [4.78, 5) is 34.6. The average Bonchev–Trinajstić information content (AvgIpc) is 2.44. The molecule has 7 heteroatoms. The number of nitrogens with one attached hydrogen (secondary N) is 1. The molecule has 0 atom stereocenters. The van der Waals surface area contributed by atoms with Crippen molar-refractivity contribution in [3.05, 3.63) is 51.1 Å². The third-order valence-electron chi connectivity index (χ3n) is 3.51. The molecule has 0 spiro atoms. The molecule has 7 nitrogen and oxygen atoms in total. The Labute approximate surface area is 118 Å². The van der Waals surface area contributed by atoms with E-state index in [4.69, 9.17) is 5.11 Å². The van der Waals surface area contributed by atoms with Gasteiger partial charge in [-0.25, -0.2) is 0 Å². The van der Waals surface area contributed by atoms with Crippen LogP contribution in [-0.4, -0.2) is 28.5 Å². The van der Waals surface area contributed by atoms with Gasteiger partial charge in [-0.15, -0.1) is 0 Å². The number of benzene rings is 2. The predicted octanol–water partition coefficient (Wildman–Crippen LogP) is 1.17. The molecule has 2 amide bonds. The van der Waals surface area contributed by atoms with Crippen LogP contribution in [0.25, 0.3) is 10.8 Å². The molecule has 0 unspecified atom stereocenters. The van der Waals surface area contributed by atoms with Crippen molar-refractivity contribution in [1.29, 1.82) is 0 Å². The van der Waals surface area contributed by atoms with Gasteiger partial charge in [-0.1, -0.05) is 12.1 Å². The molecule has 21 heavy (non-hydrogen) atoms. The molecule has 0 saturated carbocycles. The molecule has 1 aliphatic rings. The van der Waals surface area contributed by atoms with Gasteiger partial charge in [0.05, 0.1) is 10.5 Å². The first-order valence-corrected chi connectivity index (χ1v) is 6.24. The summed E-state index contributed by atoms with van der Waals surface area (Å²) in [6, 6.07) is 6.11. The van der Waals surface area contributed by atoms with Crippen LogP contribution in [0.4, 0.5) is 5.69 Å². The number of imide groups is 1. The lowest BCUT2D eigenvalue weighted by atomic mass is 9.89. The van der Waals surface area contributed by atoms with Crippen molar-refractivity contribution in [2.75, 3.05) is 6.61 Å². The van der Waals surface area contributed by atoms with E-state index in [0.717, 1.165) is 0 Å². The number of amides is 2. The third-order valence-corrected chi connectivity index (χ3v) is 3.51. The first kappa shape index (κ1) is 13.2. The van der Waals surface area contributed by atoms with Crippen LogP contribution >= 0.6 is 0 Å². The van der Waals surface area contributed by atoms with Gasteiger partial charge in [0.25, 0.3) is 17.5 Å². The molecule has 0 aliphatic carbocycles. The standard InChI is InChI=1S/C14H10N2O5/c17-5-4-8-10(16(20)21)6-7-2-1-3-9-11(7)12(8)14(19)15-13(9)18/h1-3,6,17H,4-5H2,(H,15,18,19). The summed E-state index contributed by atoms with van der Waals surface area (Å²) in [5.41, 5.74) is 0.320. The van der Waals surface area contributed by atoms with E-state index in [1.165, 1.54) is 6.07 Å². The molecular weight excluding hydrogens is 276 g/mol. The van der Waals surface area contributed by atoms with Gasteiger partial charge in [-0.3, -0.25) is 25.0 Å². The summed E-state index contributed by atoms with van der Waals surface area (Å²) in [5.74, 6) is -1.20. The Morgan fingerprint density at radius 1 is 1.24 bits per heavy atom. The van der Waals surface area contributed by atoms with E-state index in [1.54, 1.807) is 18.2 Å². The summed E-state index contributed by atoms with van der Waals surface area (Å²) < 4.78 is 0. The van der Waals surface area contributed by atoms with Crippen LogP contribution in [0.1, 0.15) is 26.3 Å². The normalized spacial score (nSPS) is 13.4. The van der Waals surface area contributed by atoms with Crippen molar-refractivity contribution < 1.29 is 19.6 Å². The molecule has 0 radical (unpaired) electrons. The molecule has 0 aromatic heterocycles. The van der Waals surface area contributed by atoms with E-state index < -0.39 is 16.7 Å². The van der Waals surface area contributed by atoms with Crippen LogP contribution in [0.3, 0.4) is 0 Å². The third kappa shape index (κ3) is 1.86. The van der Waals surface area contributed by atoms with Crippen LogP contribution in [-0.2, 0) is 6.42 Å². The Morgan fingerprint density at radius 2 is 2.00 bits per heavy atom. The summed E-state index contributed by atoms with van der Waals surface area (Å²) in [5, 5.41) is 23.4. The van der Waals surface area contributed by atoms with Gasteiger partial charge in [0.15, 0.2) is 0 Å². The number of carbonyl (C=O) groups is 2. The lowest BCUT2D eigenvalue weighted by Gasteiger charge is -2.19. The highest BCUT2D eigenvalue weighted by Crippen LogP contribution is 2.35. The Balaban J connectivity index is 2.50. The minimum Gasteiger partial charge on any atom is -0.396 e. The van der Waals surface area contributed by atoms with Crippen molar-refractivity contribution in [2.45, 2.75) is 6.42 Å². The highest BCUT2D eigenvalue weighted by Gasteiger charge is 2.31. The molecule has 0 bridgehead atoms. The van der Waals surface area contributed by atoms with E-state index in [0.29, 0.717) is 16.3 Å². The van der Waals surface area contributed by atoms with Crippen LogP contribution in [0.2, 0.25) is 0 Å². The summed E-state index contributed by atoms with van der Waals surface area (Å²) >= 11 is 0. The molecule has 0 fully saturated rings. The van der Waals surface area contributed by atoms with Gasteiger partial charge in [0, 0.05) is 35.6 Å². The molecule has 0 saturated heterocycles. The van der Waals surface area contributed by atoms with Gasteiger partial charge in [0.1, 0.15) is 0 Å². The maximum absolute atomic E-state index is 12.1. The smallest absolute Gasteiger partial charge is 0.274 e. The topological polar surface area (TPSA) is 110 Å². The SMILES string of the molecule is O=C1NC(=O)c2c(CCO)c([N+](=O)[O-])cc3cccc1c23. The van der Waals surface area contributed by atoms with Crippen molar-refractivity contribution >= 4 is 28.3 Å². The van der Waals surface area contributed by atoms with Crippen LogP contribution in [0, 0.1) is 10.1 Å². The zero-order valence-corrected chi connectivity index (χ0v) is 10.8. The lowest BCUT2D eigenvalue weighted by Crippen LogP contribution is -2.35. The molecule has 106 valence electrons. The fourth-order valence-electron chi connectivity index (χ4n) is 2.68. The van der Waals surface area contributed by atoms with Crippen LogP contribution < -0.4 is 5.32 Å². The predicted molar refractivity (Wildman–Crippen MR) is 73.2 cm³/mol. The highest BCUT2D eigenvalue weighted by molar-refractivity contribution is 6.26. The zero-order valence-electron chi connectivity index (χ0n) is 10.8. The monoisotopic (exact) mass is 286 g/mol. The van der Waals surface area contributed by atoms with E-state index in [-0.39, 0.29) is 29.8 Å². The molecule has 1 heterocycles. The van der Waals surface area contributed by atoms with Crippen LogP contribution in [0.5, 0.6) is 0 Å². The van der Waals surface area contributed by atoms with E-state index in [9.17, 15) is 19.7 Å². The van der Waals surface area contributed by atoms with Gasteiger partial charge < -0.3 is 5.11 Å². The molecule has 3 rings (SSSR count). The van der Waals surface area contributed by atoms with Crippen LogP contribution in [0.15, 0.2) is 24.3 Å². The molecule has 2 N–H and O–H groups in total. The van der Waals surface area contributed by atoms with E-state index in [1.807, 2.05) is 0 Å². The number of aliphatic hydroxyl groups is 1. The number of aliphatic hydroxyl groups excluding tert-OH is 1. The van der Waals surface area contributed by atoms with Gasteiger partial charge in [-0.2, -0.15) is 0 Å². The van der Waals surface area contributed by atoms with Gasteiger partial charge in [-0.05, 0) is 11.5 Å². The maximum Gasteiger partial charge on any atom is 0.274 e. The number of nitro groups is 1. The van der Waals surface area contributed by atoms with E-state index in [2.05, 4.69) is 5.32 Å². The fraction of sp³-hybridized carbons (Fsp3) is 0.143. The molecule has 1 aliphatic heterocycles. The molecule has 2 aromatic carbocycles. The van der Waals surface area contributed by atoms with Crippen molar-refractivity contribution in [3.8, 4) is 0 Å². The quantitative estimate of drug-likeness (QED) is 0.500. The van der Waals surface area contributed by atoms with Crippen molar-refractivity contribution in [2.24, 2.45) is 0 Å². The highest BCUT2D eigenvalue weighted by atomic mass is 16.6. The zero-order chi connectivity index (χ0) is 15.1. The Bertz CT molecular complexity index is 813.